The third-order valence-corrected chi connectivity index (χ3v) is 5.69. The van der Waals surface area contributed by atoms with E-state index in [-0.39, 0.29) is 12.1 Å². The molecule has 2 aromatic carbocycles. The number of aromatic nitrogens is 5. The van der Waals surface area contributed by atoms with Gasteiger partial charge in [-0.3, -0.25) is 15.0 Å². The van der Waals surface area contributed by atoms with Crippen LogP contribution in [0.2, 0.25) is 5.02 Å². The lowest BCUT2D eigenvalue weighted by molar-refractivity contribution is 0.101. The van der Waals surface area contributed by atoms with E-state index < -0.39 is 11.5 Å². The Kier molecular flexibility index (Phi) is 5.89. The van der Waals surface area contributed by atoms with Gasteiger partial charge in [-0.15, -0.1) is 10.2 Å². The van der Waals surface area contributed by atoms with Crippen molar-refractivity contribution in [2.24, 2.45) is 0 Å². The van der Waals surface area contributed by atoms with Gasteiger partial charge in [0.15, 0.2) is 11.2 Å². The summed E-state index contributed by atoms with van der Waals surface area (Å²) in [5, 5.41) is 13.7. The van der Waals surface area contributed by atoms with Gasteiger partial charge in [0.1, 0.15) is 11.3 Å². The average Bonchev–Trinajstić information content (AvgIpc) is 3.25. The first-order chi connectivity index (χ1) is 17.0. The highest BCUT2D eigenvalue weighted by Gasteiger charge is 2.20. The summed E-state index contributed by atoms with van der Waals surface area (Å²) in [7, 11) is 3.11. The number of methoxy groups -OCH3 is 2. The summed E-state index contributed by atoms with van der Waals surface area (Å²) in [5.74, 6) is 0.156. The molecule has 3 aromatic heterocycles. The van der Waals surface area contributed by atoms with Gasteiger partial charge in [-0.05, 0) is 48.0 Å². The van der Waals surface area contributed by atoms with Crippen LogP contribution in [0.4, 0.5) is 0 Å². The number of pyridine rings is 1. The molecule has 176 valence electrons. The molecule has 35 heavy (non-hydrogen) atoms. The maximum atomic E-state index is 13.1. The van der Waals surface area contributed by atoms with Crippen molar-refractivity contribution in [2.45, 2.75) is 6.61 Å². The van der Waals surface area contributed by atoms with Gasteiger partial charge in [0.25, 0.3) is 11.5 Å². The smallest absolute Gasteiger partial charge is 0.299 e. The van der Waals surface area contributed by atoms with Crippen LogP contribution in [0.3, 0.4) is 0 Å². The maximum Gasteiger partial charge on any atom is 0.299 e. The summed E-state index contributed by atoms with van der Waals surface area (Å²) in [6.45, 7) is 0.234. The summed E-state index contributed by atoms with van der Waals surface area (Å²) in [6.07, 6.45) is 1.45. The number of halogens is 1. The number of nitrogens with zero attached hydrogens (tertiary/aromatic N) is 5. The second-order valence-electron chi connectivity index (χ2n) is 7.59. The molecule has 0 radical (unpaired) electrons. The van der Waals surface area contributed by atoms with Crippen LogP contribution in [0, 0.1) is 0 Å². The van der Waals surface area contributed by atoms with Gasteiger partial charge in [-0.2, -0.15) is 5.10 Å². The largest absolute Gasteiger partial charge is 0.497 e. The first-order valence-corrected chi connectivity index (χ1v) is 10.9. The number of hydrogen-bond acceptors (Lipinski definition) is 7. The number of hydrogen-bond donors (Lipinski definition) is 1. The fourth-order valence-corrected chi connectivity index (χ4v) is 3.87. The Balaban J connectivity index is 1.58. The summed E-state index contributed by atoms with van der Waals surface area (Å²) >= 11 is 6.05. The van der Waals surface area contributed by atoms with E-state index in [0.717, 1.165) is 15.8 Å². The molecule has 0 atom stereocenters. The van der Waals surface area contributed by atoms with E-state index in [1.165, 1.54) is 13.3 Å². The maximum absolute atomic E-state index is 13.1. The quantitative estimate of drug-likeness (QED) is 0.388. The first-order valence-electron chi connectivity index (χ1n) is 10.5. The normalized spacial score (nSPS) is 11.2. The molecule has 11 heteroatoms. The molecule has 0 saturated heterocycles. The van der Waals surface area contributed by atoms with Gasteiger partial charge in [0, 0.05) is 23.9 Å². The molecule has 0 unspecified atom stereocenters. The van der Waals surface area contributed by atoms with Crippen molar-refractivity contribution in [3.8, 4) is 16.9 Å². The predicted octanol–water partition coefficient (Wildman–Crippen LogP) is 3.30. The molecule has 10 nitrogen and oxygen atoms in total. The molecule has 5 rings (SSSR count). The fraction of sp³-hybridized carbons (Fsp3) is 0.125. The first kappa shape index (κ1) is 22.5. The minimum Gasteiger partial charge on any atom is -0.497 e. The lowest BCUT2D eigenvalue weighted by Crippen LogP contribution is -2.33. The SMILES string of the molecule is COCc1nn2c(nnc3c(=O)n(NC(=O)c4ccc(OC)cc4)ccc32)c1-c1ccc(Cl)cc1. The van der Waals surface area contributed by atoms with Gasteiger partial charge < -0.3 is 9.47 Å². The zero-order chi connectivity index (χ0) is 24.5. The molecular weight excluding hydrogens is 472 g/mol. The van der Waals surface area contributed by atoms with Crippen molar-refractivity contribution in [1.29, 1.82) is 0 Å². The third-order valence-electron chi connectivity index (χ3n) is 5.44. The topological polar surface area (TPSA) is 113 Å². The summed E-state index contributed by atoms with van der Waals surface area (Å²) in [6, 6.07) is 15.4. The minimum absolute atomic E-state index is 0.0455. The second-order valence-corrected chi connectivity index (χ2v) is 8.03. The van der Waals surface area contributed by atoms with Crippen molar-refractivity contribution in [3.05, 3.63) is 87.4 Å². The van der Waals surface area contributed by atoms with E-state index in [4.69, 9.17) is 21.1 Å². The number of ether oxygens (including phenoxy) is 2. The molecule has 3 heterocycles. The number of amides is 1. The Morgan fingerprint density at radius 3 is 2.46 bits per heavy atom. The Labute approximate surface area is 203 Å². The Bertz CT molecular complexity index is 1610. The van der Waals surface area contributed by atoms with Crippen molar-refractivity contribution in [1.82, 2.24) is 24.5 Å². The van der Waals surface area contributed by atoms with E-state index in [1.54, 1.807) is 54.1 Å². The highest BCUT2D eigenvalue weighted by molar-refractivity contribution is 6.30. The van der Waals surface area contributed by atoms with E-state index in [2.05, 4.69) is 20.7 Å². The monoisotopic (exact) mass is 490 g/mol. The summed E-state index contributed by atoms with van der Waals surface area (Å²) in [5.41, 5.74) is 5.53. The van der Waals surface area contributed by atoms with Crippen LogP contribution in [0.5, 0.6) is 5.75 Å². The predicted molar refractivity (Wildman–Crippen MR) is 130 cm³/mol. The number of rotatable bonds is 6. The van der Waals surface area contributed by atoms with Gasteiger partial charge in [-0.1, -0.05) is 23.7 Å². The Morgan fingerprint density at radius 1 is 1.03 bits per heavy atom. The van der Waals surface area contributed by atoms with E-state index in [0.29, 0.717) is 33.2 Å². The Hall–Kier alpha value is -4.28. The van der Waals surface area contributed by atoms with Crippen LogP contribution in [-0.4, -0.2) is 44.6 Å². The van der Waals surface area contributed by atoms with Crippen molar-refractivity contribution in [3.63, 3.8) is 0 Å². The number of carbonyl (C=O) groups excluding carboxylic acids is 1. The minimum atomic E-state index is -0.546. The molecule has 0 bridgehead atoms. The fourth-order valence-electron chi connectivity index (χ4n) is 3.75. The van der Waals surface area contributed by atoms with Crippen LogP contribution in [0.25, 0.3) is 27.8 Å². The number of carbonyl (C=O) groups is 1. The molecular formula is C24H19ClN6O4. The van der Waals surface area contributed by atoms with Crippen molar-refractivity contribution < 1.29 is 14.3 Å². The molecule has 0 spiro atoms. The number of fused-ring (bicyclic) bond motifs is 3. The van der Waals surface area contributed by atoms with Gasteiger partial charge >= 0.3 is 0 Å². The molecule has 0 aliphatic heterocycles. The Morgan fingerprint density at radius 2 is 1.77 bits per heavy atom. The molecule has 1 N–H and O–H groups in total. The highest BCUT2D eigenvalue weighted by Crippen LogP contribution is 2.30. The summed E-state index contributed by atoms with van der Waals surface area (Å²) < 4.78 is 13.0. The van der Waals surface area contributed by atoms with Gasteiger partial charge in [0.05, 0.1) is 25.0 Å². The molecule has 0 aliphatic carbocycles. The van der Waals surface area contributed by atoms with Crippen molar-refractivity contribution in [2.75, 3.05) is 19.6 Å². The highest BCUT2D eigenvalue weighted by atomic mass is 35.5. The average molecular weight is 491 g/mol. The second kappa shape index (κ2) is 9.16. The van der Waals surface area contributed by atoms with Crippen LogP contribution in [-0.2, 0) is 11.3 Å². The van der Waals surface area contributed by atoms with E-state index in [1.807, 2.05) is 12.1 Å². The van der Waals surface area contributed by atoms with Crippen molar-refractivity contribution >= 4 is 34.2 Å². The lowest BCUT2D eigenvalue weighted by atomic mass is 10.1. The summed E-state index contributed by atoms with van der Waals surface area (Å²) in [4.78, 5) is 25.7. The van der Waals surface area contributed by atoms with E-state index >= 15 is 0 Å². The van der Waals surface area contributed by atoms with Crippen LogP contribution in [0.15, 0.2) is 65.6 Å². The standard InChI is InChI=1S/C24H19ClN6O4/c1-34-13-18-20(14-3-7-16(25)8-4-14)22-27-26-21-19(31(22)28-18)11-12-30(24(21)33)29-23(32)15-5-9-17(35-2)10-6-15/h3-12H,13H2,1-2H3,(H,29,32). The molecule has 5 aromatic rings. The molecule has 0 fully saturated rings. The van der Waals surface area contributed by atoms with Gasteiger partial charge in [0.2, 0.25) is 0 Å². The third kappa shape index (κ3) is 4.09. The lowest BCUT2D eigenvalue weighted by Gasteiger charge is -2.09. The molecule has 1 amide bonds. The number of nitrogens with one attached hydrogen (secondary N) is 1. The zero-order valence-electron chi connectivity index (χ0n) is 18.7. The molecule has 0 aliphatic rings. The van der Waals surface area contributed by atoms with Crippen LogP contribution < -0.4 is 15.7 Å². The zero-order valence-corrected chi connectivity index (χ0v) is 19.5. The van der Waals surface area contributed by atoms with Crippen LogP contribution in [0.1, 0.15) is 16.1 Å². The molecule has 0 saturated carbocycles. The van der Waals surface area contributed by atoms with Crippen LogP contribution >= 0.6 is 11.6 Å². The van der Waals surface area contributed by atoms with Gasteiger partial charge in [-0.25, -0.2) is 9.19 Å². The number of benzene rings is 2. The van der Waals surface area contributed by atoms with E-state index in [9.17, 15) is 9.59 Å².